The molecule has 132 valence electrons. The highest BCUT2D eigenvalue weighted by Crippen LogP contribution is 2.28. The van der Waals surface area contributed by atoms with Crippen LogP contribution in [-0.2, 0) is 4.79 Å². The van der Waals surface area contributed by atoms with E-state index in [9.17, 15) is 4.79 Å². The fourth-order valence-electron chi connectivity index (χ4n) is 3.34. The lowest BCUT2D eigenvalue weighted by Gasteiger charge is -2.30. The number of imidazole rings is 1. The molecule has 2 aromatic heterocycles. The second kappa shape index (κ2) is 7.01. The number of thioether (sulfide) groups is 1. The summed E-state index contributed by atoms with van der Waals surface area (Å²) in [6, 6.07) is 0.117. The topological polar surface area (TPSA) is 113 Å². The molecule has 4 rings (SSSR count). The smallest absolute Gasteiger partial charge is 0.259 e. The Bertz CT molecular complexity index is 805. The first-order chi connectivity index (χ1) is 12.2. The molecule has 4 N–H and O–H groups in total. The molecule has 3 heterocycles. The van der Waals surface area contributed by atoms with E-state index in [0.29, 0.717) is 10.6 Å². The zero-order valence-corrected chi connectivity index (χ0v) is 14.6. The number of carbonyl (C=O) groups excluding carboxylic acids is 1. The molecular formula is C16H21N7OS. The maximum Gasteiger partial charge on any atom is 0.259 e. The number of nitrogens with two attached hydrogens (primary N) is 1. The number of nitrogens with one attached hydrogen (secondary N) is 2. The van der Waals surface area contributed by atoms with Crippen LogP contribution >= 0.6 is 11.8 Å². The van der Waals surface area contributed by atoms with Crippen LogP contribution in [-0.4, -0.2) is 50.2 Å². The first kappa shape index (κ1) is 16.3. The van der Waals surface area contributed by atoms with Gasteiger partial charge in [-0.1, -0.05) is 12.8 Å². The van der Waals surface area contributed by atoms with Gasteiger partial charge in [0.15, 0.2) is 11.5 Å². The average molecular weight is 359 g/mol. The van der Waals surface area contributed by atoms with E-state index in [1.165, 1.54) is 6.33 Å². The van der Waals surface area contributed by atoms with Gasteiger partial charge in [-0.3, -0.25) is 4.79 Å². The summed E-state index contributed by atoms with van der Waals surface area (Å²) < 4.78 is 0. The monoisotopic (exact) mass is 359 g/mol. The third kappa shape index (κ3) is 3.34. The van der Waals surface area contributed by atoms with E-state index < -0.39 is 0 Å². The van der Waals surface area contributed by atoms with Crippen LogP contribution in [0.25, 0.3) is 11.2 Å². The number of anilines is 1. The van der Waals surface area contributed by atoms with Crippen molar-refractivity contribution in [3.63, 3.8) is 0 Å². The van der Waals surface area contributed by atoms with Crippen molar-refractivity contribution < 1.29 is 4.79 Å². The number of aromatic nitrogens is 4. The van der Waals surface area contributed by atoms with Crippen LogP contribution in [0.5, 0.6) is 0 Å². The summed E-state index contributed by atoms with van der Waals surface area (Å²) >= 11 is 1.56. The Labute approximate surface area is 149 Å². The summed E-state index contributed by atoms with van der Waals surface area (Å²) in [5.74, 6) is 1.50. The predicted octanol–water partition coefficient (Wildman–Crippen LogP) is 1.13. The van der Waals surface area contributed by atoms with Crippen molar-refractivity contribution in [3.05, 3.63) is 23.8 Å². The third-order valence-electron chi connectivity index (χ3n) is 4.70. The zero-order chi connectivity index (χ0) is 17.2. The van der Waals surface area contributed by atoms with E-state index in [-0.39, 0.29) is 18.0 Å². The molecule has 25 heavy (non-hydrogen) atoms. The number of H-pyrrole nitrogens is 1. The minimum Gasteiger partial charge on any atom is -0.347 e. The molecule has 0 saturated heterocycles. The summed E-state index contributed by atoms with van der Waals surface area (Å²) in [5.41, 5.74) is 7.54. The molecule has 2 atom stereocenters. The van der Waals surface area contributed by atoms with Crippen LogP contribution in [0.4, 0.5) is 5.82 Å². The minimum absolute atomic E-state index is 0.0491. The van der Waals surface area contributed by atoms with E-state index in [1.54, 1.807) is 18.1 Å². The Hall–Kier alpha value is -2.13. The molecule has 0 radical (unpaired) electrons. The molecule has 1 fully saturated rings. The molecule has 0 unspecified atom stereocenters. The van der Waals surface area contributed by atoms with Crippen molar-refractivity contribution in [1.82, 2.24) is 25.3 Å². The van der Waals surface area contributed by atoms with Gasteiger partial charge >= 0.3 is 0 Å². The molecule has 2 aliphatic rings. The summed E-state index contributed by atoms with van der Waals surface area (Å²) in [7, 11) is 0. The second-order valence-corrected chi connectivity index (χ2v) is 7.50. The number of aromatic amines is 1. The number of fused-ring (bicyclic) bond motifs is 1. The molecular weight excluding hydrogens is 338 g/mol. The first-order valence-corrected chi connectivity index (χ1v) is 9.53. The van der Waals surface area contributed by atoms with E-state index >= 15 is 0 Å². The van der Waals surface area contributed by atoms with Crippen molar-refractivity contribution in [1.29, 1.82) is 0 Å². The van der Waals surface area contributed by atoms with Gasteiger partial charge in [-0.05, 0) is 12.8 Å². The number of nitrogens with zero attached hydrogens (tertiary/aromatic N) is 4. The standard InChI is InChI=1S/C16H21N7OS/c17-10-3-1-2-4-11(10)22-16(24)12-7-23(5-6-25-12)15-13-14(19-8-18-13)20-9-21-15/h7-11H,1-6,17H2,(H,22,24)(H,18,19,20,21)/t10-,11-/m1/s1. The van der Waals surface area contributed by atoms with Crippen LogP contribution in [0.15, 0.2) is 23.8 Å². The predicted molar refractivity (Wildman–Crippen MR) is 97.9 cm³/mol. The van der Waals surface area contributed by atoms with Crippen LogP contribution in [0, 0.1) is 0 Å². The van der Waals surface area contributed by atoms with Gasteiger partial charge in [0.25, 0.3) is 5.91 Å². The number of hydrogen-bond acceptors (Lipinski definition) is 7. The maximum absolute atomic E-state index is 12.7. The zero-order valence-electron chi connectivity index (χ0n) is 13.8. The Morgan fingerprint density at radius 2 is 2.20 bits per heavy atom. The number of hydrogen-bond donors (Lipinski definition) is 3. The van der Waals surface area contributed by atoms with Gasteiger partial charge < -0.3 is 20.9 Å². The lowest BCUT2D eigenvalue weighted by molar-refractivity contribution is -0.117. The Kier molecular flexibility index (Phi) is 4.58. The molecule has 1 amide bonds. The van der Waals surface area contributed by atoms with Crippen LogP contribution in [0.2, 0.25) is 0 Å². The summed E-state index contributed by atoms with van der Waals surface area (Å²) in [6.07, 6.45) is 9.15. The number of rotatable bonds is 3. The van der Waals surface area contributed by atoms with Gasteiger partial charge in [0, 0.05) is 30.6 Å². The van der Waals surface area contributed by atoms with E-state index in [0.717, 1.165) is 49.3 Å². The van der Waals surface area contributed by atoms with Crippen molar-refractivity contribution in [2.75, 3.05) is 17.2 Å². The lowest BCUT2D eigenvalue weighted by atomic mass is 9.91. The number of carbonyl (C=O) groups is 1. The molecule has 0 aromatic carbocycles. The van der Waals surface area contributed by atoms with Gasteiger partial charge in [0.2, 0.25) is 0 Å². The number of amides is 1. The fraction of sp³-hybridized carbons (Fsp3) is 0.500. The highest BCUT2D eigenvalue weighted by molar-refractivity contribution is 8.04. The van der Waals surface area contributed by atoms with E-state index in [1.807, 2.05) is 11.1 Å². The van der Waals surface area contributed by atoms with Gasteiger partial charge in [-0.25, -0.2) is 15.0 Å². The van der Waals surface area contributed by atoms with E-state index in [2.05, 4.69) is 25.3 Å². The molecule has 0 bridgehead atoms. The quantitative estimate of drug-likeness (QED) is 0.753. The first-order valence-electron chi connectivity index (χ1n) is 8.54. The molecule has 0 spiro atoms. The minimum atomic E-state index is -0.0491. The molecule has 1 aliphatic carbocycles. The van der Waals surface area contributed by atoms with Gasteiger partial charge in [0.1, 0.15) is 11.8 Å². The van der Waals surface area contributed by atoms with Crippen LogP contribution in [0.3, 0.4) is 0 Å². The third-order valence-corrected chi connectivity index (χ3v) is 5.69. The van der Waals surface area contributed by atoms with Crippen molar-refractivity contribution in [3.8, 4) is 0 Å². The molecule has 8 nitrogen and oxygen atoms in total. The molecule has 2 aromatic rings. The van der Waals surface area contributed by atoms with Gasteiger partial charge in [0.05, 0.1) is 11.2 Å². The summed E-state index contributed by atoms with van der Waals surface area (Å²) in [5, 5.41) is 3.11. The van der Waals surface area contributed by atoms with Crippen LogP contribution in [0.1, 0.15) is 25.7 Å². The fourth-order valence-corrected chi connectivity index (χ4v) is 4.24. The largest absolute Gasteiger partial charge is 0.347 e. The summed E-state index contributed by atoms with van der Waals surface area (Å²) in [6.45, 7) is 0.773. The highest BCUT2D eigenvalue weighted by Gasteiger charge is 2.26. The lowest BCUT2D eigenvalue weighted by Crippen LogP contribution is -2.49. The molecule has 1 saturated carbocycles. The SMILES string of the molecule is N[C@@H]1CCCC[C@H]1NC(=O)C1=CN(c2ncnc3nc[nH]c23)CCS1. The van der Waals surface area contributed by atoms with E-state index in [4.69, 9.17) is 5.73 Å². The normalized spacial score (nSPS) is 24.2. The second-order valence-electron chi connectivity index (χ2n) is 6.36. The van der Waals surface area contributed by atoms with Crippen molar-refractivity contribution in [2.45, 2.75) is 37.8 Å². The highest BCUT2D eigenvalue weighted by atomic mass is 32.2. The Balaban J connectivity index is 1.54. The van der Waals surface area contributed by atoms with Gasteiger partial charge in [-0.2, -0.15) is 0 Å². The summed E-state index contributed by atoms with van der Waals surface area (Å²) in [4.78, 5) is 31.1. The Morgan fingerprint density at radius 1 is 1.32 bits per heavy atom. The average Bonchev–Trinajstić information content (AvgIpc) is 3.12. The molecule has 9 heteroatoms. The van der Waals surface area contributed by atoms with Crippen LogP contribution < -0.4 is 16.0 Å². The maximum atomic E-state index is 12.7. The van der Waals surface area contributed by atoms with Crippen molar-refractivity contribution in [2.24, 2.45) is 5.73 Å². The molecule has 1 aliphatic heterocycles. The van der Waals surface area contributed by atoms with Crippen molar-refractivity contribution >= 4 is 34.7 Å². The Morgan fingerprint density at radius 3 is 3.08 bits per heavy atom. The van der Waals surface area contributed by atoms with Gasteiger partial charge in [-0.15, -0.1) is 11.8 Å².